The van der Waals surface area contributed by atoms with Gasteiger partial charge in [0.15, 0.2) is 0 Å². The Balaban J connectivity index is 2.26. The minimum Gasteiger partial charge on any atom is -0.352 e. The van der Waals surface area contributed by atoms with Crippen LogP contribution in [0.1, 0.15) is 52.0 Å². The zero-order valence-electron chi connectivity index (χ0n) is 13.7. The van der Waals surface area contributed by atoms with E-state index in [1.807, 2.05) is 24.3 Å². The zero-order valence-corrected chi connectivity index (χ0v) is 13.7. The van der Waals surface area contributed by atoms with E-state index in [9.17, 15) is 9.59 Å². The maximum Gasteiger partial charge on any atom is 0.312 e. The van der Waals surface area contributed by atoms with Crippen LogP contribution in [0.25, 0.3) is 0 Å². The fourth-order valence-electron chi connectivity index (χ4n) is 2.08. The first-order valence-electron chi connectivity index (χ1n) is 7.73. The second kappa shape index (κ2) is 8.41. The number of nitrogens with two attached hydrogens (primary N) is 1. The second-order valence-electron chi connectivity index (χ2n) is 6.48. The van der Waals surface area contributed by atoms with Crippen molar-refractivity contribution < 1.29 is 9.59 Å². The lowest BCUT2D eigenvalue weighted by atomic mass is 9.87. The van der Waals surface area contributed by atoms with Crippen molar-refractivity contribution in [1.82, 2.24) is 5.32 Å². The highest BCUT2D eigenvalue weighted by Crippen LogP contribution is 2.23. The smallest absolute Gasteiger partial charge is 0.312 e. The van der Waals surface area contributed by atoms with E-state index in [0.29, 0.717) is 13.0 Å². The molecule has 0 aliphatic rings. The number of hydrogen-bond donors (Lipinski definition) is 3. The molecule has 0 fully saturated rings. The molecule has 3 amide bonds. The summed E-state index contributed by atoms with van der Waals surface area (Å²) in [6.45, 7) is 7.04. The molecule has 0 aromatic heterocycles. The van der Waals surface area contributed by atoms with Crippen molar-refractivity contribution in [1.29, 1.82) is 0 Å². The standard InChI is InChI=1S/C17H27N3O2/c1-17(2,3)13-8-10-14(11-9-13)20-15(21)7-5-4-6-12-19-16(18)22/h8-11H,4-7,12H2,1-3H3,(H,20,21)(H3,18,19,22). The molecule has 0 atom stereocenters. The van der Waals surface area contributed by atoms with Gasteiger partial charge in [-0.3, -0.25) is 4.79 Å². The molecule has 122 valence electrons. The predicted octanol–water partition coefficient (Wildman–Crippen LogP) is 3.15. The Hall–Kier alpha value is -2.04. The number of carbonyl (C=O) groups is 2. The van der Waals surface area contributed by atoms with Crippen LogP contribution in [0.4, 0.5) is 10.5 Å². The topological polar surface area (TPSA) is 84.2 Å². The van der Waals surface area contributed by atoms with Crippen LogP contribution in [0, 0.1) is 0 Å². The van der Waals surface area contributed by atoms with Crippen LogP contribution in [0.5, 0.6) is 0 Å². The Labute approximate surface area is 132 Å². The maximum absolute atomic E-state index is 11.8. The van der Waals surface area contributed by atoms with Crippen molar-refractivity contribution in [2.75, 3.05) is 11.9 Å². The molecule has 1 aromatic rings. The molecule has 5 nitrogen and oxygen atoms in total. The highest BCUT2D eigenvalue weighted by Gasteiger charge is 2.13. The molecule has 22 heavy (non-hydrogen) atoms. The molecule has 4 N–H and O–H groups in total. The van der Waals surface area contributed by atoms with E-state index >= 15 is 0 Å². The minimum atomic E-state index is -0.503. The van der Waals surface area contributed by atoms with Crippen LogP contribution in [0.3, 0.4) is 0 Å². The van der Waals surface area contributed by atoms with E-state index in [4.69, 9.17) is 5.73 Å². The molecule has 1 aromatic carbocycles. The van der Waals surface area contributed by atoms with Crippen molar-refractivity contribution in [3.8, 4) is 0 Å². The number of nitrogens with one attached hydrogen (secondary N) is 2. The zero-order chi connectivity index (χ0) is 16.6. The van der Waals surface area contributed by atoms with Gasteiger partial charge in [-0.1, -0.05) is 39.3 Å². The number of urea groups is 1. The van der Waals surface area contributed by atoms with E-state index in [-0.39, 0.29) is 11.3 Å². The molecular formula is C17H27N3O2. The Morgan fingerprint density at radius 3 is 2.23 bits per heavy atom. The summed E-state index contributed by atoms with van der Waals surface area (Å²) < 4.78 is 0. The van der Waals surface area contributed by atoms with Gasteiger partial charge in [-0.2, -0.15) is 0 Å². The van der Waals surface area contributed by atoms with Gasteiger partial charge in [0.25, 0.3) is 0 Å². The Morgan fingerprint density at radius 1 is 1.05 bits per heavy atom. The molecule has 0 aliphatic carbocycles. The Morgan fingerprint density at radius 2 is 1.68 bits per heavy atom. The Bertz CT molecular complexity index is 490. The monoisotopic (exact) mass is 305 g/mol. The third-order valence-electron chi connectivity index (χ3n) is 3.41. The number of unbranched alkanes of at least 4 members (excludes halogenated alkanes) is 2. The van der Waals surface area contributed by atoms with Crippen molar-refractivity contribution in [3.05, 3.63) is 29.8 Å². The van der Waals surface area contributed by atoms with E-state index in [1.165, 1.54) is 5.56 Å². The fourth-order valence-corrected chi connectivity index (χ4v) is 2.08. The van der Waals surface area contributed by atoms with Crippen molar-refractivity contribution >= 4 is 17.6 Å². The normalized spacial score (nSPS) is 11.0. The molecule has 5 heteroatoms. The van der Waals surface area contributed by atoms with Gasteiger partial charge in [0.2, 0.25) is 5.91 Å². The van der Waals surface area contributed by atoms with Gasteiger partial charge < -0.3 is 16.4 Å². The average molecular weight is 305 g/mol. The van der Waals surface area contributed by atoms with Crippen LogP contribution >= 0.6 is 0 Å². The lowest BCUT2D eigenvalue weighted by Gasteiger charge is -2.19. The molecule has 0 radical (unpaired) electrons. The van der Waals surface area contributed by atoms with Crippen molar-refractivity contribution in [3.63, 3.8) is 0 Å². The molecule has 0 unspecified atom stereocenters. The molecule has 0 heterocycles. The quantitative estimate of drug-likeness (QED) is 0.676. The fraction of sp³-hybridized carbons (Fsp3) is 0.529. The molecule has 0 saturated heterocycles. The van der Waals surface area contributed by atoms with Crippen LogP contribution in [0.15, 0.2) is 24.3 Å². The number of anilines is 1. The van der Waals surface area contributed by atoms with Gasteiger partial charge in [0.05, 0.1) is 0 Å². The third-order valence-corrected chi connectivity index (χ3v) is 3.41. The first-order valence-corrected chi connectivity index (χ1v) is 7.73. The molecule has 0 saturated carbocycles. The summed E-state index contributed by atoms with van der Waals surface area (Å²) in [5, 5.41) is 5.43. The third kappa shape index (κ3) is 7.11. The number of rotatable bonds is 7. The van der Waals surface area contributed by atoms with Crippen molar-refractivity contribution in [2.45, 2.75) is 51.9 Å². The van der Waals surface area contributed by atoms with Crippen LogP contribution in [-0.4, -0.2) is 18.5 Å². The SMILES string of the molecule is CC(C)(C)c1ccc(NC(=O)CCCCCNC(N)=O)cc1. The van der Waals surface area contributed by atoms with Crippen LogP contribution in [0.2, 0.25) is 0 Å². The number of amides is 3. The molecule has 0 aliphatic heterocycles. The molecule has 0 bridgehead atoms. The Kier molecular flexibility index (Phi) is 6.89. The largest absolute Gasteiger partial charge is 0.352 e. The van der Waals surface area contributed by atoms with Gasteiger partial charge in [0.1, 0.15) is 0 Å². The second-order valence-corrected chi connectivity index (χ2v) is 6.48. The highest BCUT2D eigenvalue weighted by molar-refractivity contribution is 5.90. The molecule has 1 rings (SSSR count). The van der Waals surface area contributed by atoms with Gasteiger partial charge in [-0.25, -0.2) is 4.79 Å². The van der Waals surface area contributed by atoms with Gasteiger partial charge in [-0.15, -0.1) is 0 Å². The first kappa shape index (κ1) is 18.0. The lowest BCUT2D eigenvalue weighted by Crippen LogP contribution is -2.29. The van der Waals surface area contributed by atoms with Gasteiger partial charge in [0, 0.05) is 18.7 Å². The first-order chi connectivity index (χ1) is 10.3. The number of benzene rings is 1. The van der Waals surface area contributed by atoms with E-state index in [1.54, 1.807) is 0 Å². The summed E-state index contributed by atoms with van der Waals surface area (Å²) in [6.07, 6.45) is 3.00. The lowest BCUT2D eigenvalue weighted by molar-refractivity contribution is -0.116. The summed E-state index contributed by atoms with van der Waals surface area (Å²) in [7, 11) is 0. The summed E-state index contributed by atoms with van der Waals surface area (Å²) in [5.41, 5.74) is 7.15. The van der Waals surface area contributed by atoms with Crippen LogP contribution in [-0.2, 0) is 10.2 Å². The summed E-state index contributed by atoms with van der Waals surface area (Å²) in [5.74, 6) is 0.0198. The summed E-state index contributed by atoms with van der Waals surface area (Å²) in [4.78, 5) is 22.3. The van der Waals surface area contributed by atoms with Crippen LogP contribution < -0.4 is 16.4 Å². The van der Waals surface area contributed by atoms with Crippen molar-refractivity contribution in [2.24, 2.45) is 5.73 Å². The van der Waals surface area contributed by atoms with E-state index in [2.05, 4.69) is 31.4 Å². The number of carbonyl (C=O) groups excluding carboxylic acids is 2. The minimum absolute atomic E-state index is 0.0198. The highest BCUT2D eigenvalue weighted by atomic mass is 16.2. The summed E-state index contributed by atoms with van der Waals surface area (Å²) in [6, 6.07) is 7.47. The summed E-state index contributed by atoms with van der Waals surface area (Å²) >= 11 is 0. The number of hydrogen-bond acceptors (Lipinski definition) is 2. The van der Waals surface area contributed by atoms with Gasteiger partial charge >= 0.3 is 6.03 Å². The number of primary amides is 1. The predicted molar refractivity (Wildman–Crippen MR) is 89.8 cm³/mol. The molecular weight excluding hydrogens is 278 g/mol. The van der Waals surface area contributed by atoms with E-state index in [0.717, 1.165) is 24.9 Å². The maximum atomic E-state index is 11.8. The molecule has 0 spiro atoms. The van der Waals surface area contributed by atoms with E-state index < -0.39 is 6.03 Å². The van der Waals surface area contributed by atoms with Gasteiger partial charge in [-0.05, 0) is 36.0 Å². The average Bonchev–Trinajstić information content (AvgIpc) is 2.42.